The molecule has 0 spiro atoms. The Morgan fingerprint density at radius 1 is 1.30 bits per heavy atom. The van der Waals surface area contributed by atoms with Crippen LogP contribution in [0.15, 0.2) is 58.2 Å². The average molecular weight is 312 g/mol. The van der Waals surface area contributed by atoms with Crippen LogP contribution in [0.1, 0.15) is 16.8 Å². The van der Waals surface area contributed by atoms with Crippen LogP contribution in [0.3, 0.4) is 0 Å². The average Bonchev–Trinajstić information content (AvgIpc) is 3.24. The van der Waals surface area contributed by atoms with E-state index in [4.69, 9.17) is 4.42 Å². The van der Waals surface area contributed by atoms with Gasteiger partial charge in [0.05, 0.1) is 12.0 Å². The van der Waals surface area contributed by atoms with Crippen LogP contribution in [0, 0.1) is 0 Å². The molecule has 3 heterocycles. The van der Waals surface area contributed by atoms with Crippen LogP contribution < -0.4 is 10.9 Å². The van der Waals surface area contributed by atoms with Crippen molar-refractivity contribution < 1.29 is 9.21 Å². The zero-order valence-corrected chi connectivity index (χ0v) is 12.4. The molecule has 0 unspecified atom stereocenters. The number of hydrogen-bond donors (Lipinski definition) is 2. The van der Waals surface area contributed by atoms with Crippen LogP contribution in [-0.2, 0) is 6.54 Å². The van der Waals surface area contributed by atoms with Crippen molar-refractivity contribution in [3.63, 3.8) is 0 Å². The van der Waals surface area contributed by atoms with Gasteiger partial charge in [-0.25, -0.2) is 0 Å². The Hall–Kier alpha value is -3.09. The Labute approximate surface area is 131 Å². The van der Waals surface area contributed by atoms with Crippen LogP contribution in [0.5, 0.6) is 0 Å². The van der Waals surface area contributed by atoms with Gasteiger partial charge in [0.15, 0.2) is 0 Å². The minimum absolute atomic E-state index is 0.0828. The Morgan fingerprint density at radius 2 is 2.22 bits per heavy atom. The lowest BCUT2D eigenvalue weighted by molar-refractivity contribution is 0.0951. The minimum Gasteiger partial charge on any atom is -0.463 e. The van der Waals surface area contributed by atoms with Gasteiger partial charge < -0.3 is 14.7 Å². The highest BCUT2D eigenvalue weighted by atomic mass is 16.3. The lowest BCUT2D eigenvalue weighted by Crippen LogP contribution is -2.30. The normalized spacial score (nSPS) is 10.6. The molecule has 0 saturated heterocycles. The number of carbonyl (C=O) groups is 1. The maximum atomic E-state index is 12.0. The summed E-state index contributed by atoms with van der Waals surface area (Å²) in [7, 11) is 0. The number of hydrogen-bond acceptors (Lipinski definition) is 4. The van der Waals surface area contributed by atoms with E-state index >= 15 is 0 Å². The second-order valence-electron chi connectivity index (χ2n) is 4.97. The monoisotopic (exact) mass is 312 g/mol. The number of rotatable bonds is 6. The first-order valence-corrected chi connectivity index (χ1v) is 7.27. The summed E-state index contributed by atoms with van der Waals surface area (Å²) in [5.74, 6) is 0.158. The third kappa shape index (κ3) is 3.57. The predicted octanol–water partition coefficient (Wildman–Crippen LogP) is 1.65. The van der Waals surface area contributed by atoms with Gasteiger partial charge in [-0.3, -0.25) is 14.3 Å². The van der Waals surface area contributed by atoms with Crippen molar-refractivity contribution in [1.82, 2.24) is 20.1 Å². The molecule has 1 amide bonds. The van der Waals surface area contributed by atoms with Crippen LogP contribution >= 0.6 is 0 Å². The van der Waals surface area contributed by atoms with Gasteiger partial charge in [-0.2, -0.15) is 5.10 Å². The summed E-state index contributed by atoms with van der Waals surface area (Å²) in [6.07, 6.45) is 5.82. The largest absolute Gasteiger partial charge is 0.463 e. The van der Waals surface area contributed by atoms with Gasteiger partial charge in [-0.05, 0) is 36.8 Å². The molecule has 3 rings (SSSR count). The van der Waals surface area contributed by atoms with Crippen molar-refractivity contribution in [3.8, 4) is 11.5 Å². The van der Waals surface area contributed by atoms with Crippen LogP contribution in [0.4, 0.5) is 0 Å². The Balaban J connectivity index is 1.58. The SMILES string of the molecule is O=C(NCCCn1cccn1)c1ccc(-c2ccco2)[nH]c1=O. The molecule has 0 fully saturated rings. The molecule has 0 saturated carbocycles. The standard InChI is InChI=1S/C16H16N4O3/c21-15(17-7-2-9-20-10-3-8-18-20)12-5-6-13(19-16(12)22)14-4-1-11-23-14/h1,3-6,8,10-11H,2,7,9H2,(H,17,21)(H,19,22). The second-order valence-corrected chi connectivity index (χ2v) is 4.97. The fourth-order valence-electron chi connectivity index (χ4n) is 2.20. The molecule has 7 heteroatoms. The van der Waals surface area contributed by atoms with Gasteiger partial charge in [0.25, 0.3) is 11.5 Å². The molecule has 2 N–H and O–H groups in total. The molecule has 3 aromatic rings. The highest BCUT2D eigenvalue weighted by Gasteiger charge is 2.11. The van der Waals surface area contributed by atoms with Crippen molar-refractivity contribution in [3.05, 3.63) is 64.9 Å². The number of pyridine rings is 1. The summed E-state index contributed by atoms with van der Waals surface area (Å²) in [6.45, 7) is 1.18. The lowest BCUT2D eigenvalue weighted by Gasteiger charge is -2.05. The zero-order chi connectivity index (χ0) is 16.1. The third-order valence-corrected chi connectivity index (χ3v) is 3.35. The maximum Gasteiger partial charge on any atom is 0.261 e. The number of aromatic nitrogens is 3. The number of amides is 1. The molecule has 23 heavy (non-hydrogen) atoms. The number of furan rings is 1. The van der Waals surface area contributed by atoms with E-state index < -0.39 is 11.5 Å². The summed E-state index contributed by atoms with van der Waals surface area (Å²) < 4.78 is 7.00. The van der Waals surface area contributed by atoms with Crippen molar-refractivity contribution in [2.75, 3.05) is 6.54 Å². The topological polar surface area (TPSA) is 92.9 Å². The predicted molar refractivity (Wildman–Crippen MR) is 83.9 cm³/mol. The highest BCUT2D eigenvalue weighted by Crippen LogP contribution is 2.15. The molecular weight excluding hydrogens is 296 g/mol. The first-order valence-electron chi connectivity index (χ1n) is 7.27. The zero-order valence-electron chi connectivity index (χ0n) is 12.4. The molecule has 0 radical (unpaired) electrons. The summed E-state index contributed by atoms with van der Waals surface area (Å²) in [4.78, 5) is 26.7. The molecule has 118 valence electrons. The number of nitrogens with one attached hydrogen (secondary N) is 2. The number of carbonyl (C=O) groups excluding carboxylic acids is 1. The smallest absolute Gasteiger partial charge is 0.261 e. The van der Waals surface area contributed by atoms with Crippen molar-refractivity contribution in [2.24, 2.45) is 0 Å². The molecule has 0 aliphatic carbocycles. The third-order valence-electron chi connectivity index (χ3n) is 3.35. The Bertz CT molecular complexity index is 819. The molecule has 0 aromatic carbocycles. The van der Waals surface area contributed by atoms with E-state index in [-0.39, 0.29) is 5.56 Å². The first kappa shape index (κ1) is 14.8. The van der Waals surface area contributed by atoms with Crippen molar-refractivity contribution in [2.45, 2.75) is 13.0 Å². The molecule has 0 atom stereocenters. The van der Waals surface area contributed by atoms with Gasteiger partial charge in [0, 0.05) is 25.5 Å². The maximum absolute atomic E-state index is 12.0. The molecular formula is C16H16N4O3. The van der Waals surface area contributed by atoms with Gasteiger partial charge in [-0.15, -0.1) is 0 Å². The molecule has 7 nitrogen and oxygen atoms in total. The van der Waals surface area contributed by atoms with E-state index in [2.05, 4.69) is 15.4 Å². The van der Waals surface area contributed by atoms with E-state index in [1.165, 1.54) is 12.3 Å². The number of nitrogens with zero attached hydrogens (tertiary/aromatic N) is 2. The number of aromatic amines is 1. The minimum atomic E-state index is -0.441. The van der Waals surface area contributed by atoms with Crippen LogP contribution in [0.2, 0.25) is 0 Å². The van der Waals surface area contributed by atoms with E-state index in [9.17, 15) is 9.59 Å². The Morgan fingerprint density at radius 3 is 2.91 bits per heavy atom. The summed E-state index contributed by atoms with van der Waals surface area (Å²) in [5.41, 5.74) is 0.179. The molecule has 0 bridgehead atoms. The van der Waals surface area contributed by atoms with E-state index in [1.54, 1.807) is 29.1 Å². The van der Waals surface area contributed by atoms with Crippen molar-refractivity contribution >= 4 is 5.91 Å². The van der Waals surface area contributed by atoms with E-state index in [0.717, 1.165) is 6.42 Å². The van der Waals surface area contributed by atoms with Gasteiger partial charge in [0.1, 0.15) is 11.3 Å². The summed E-state index contributed by atoms with van der Waals surface area (Å²) in [6, 6.07) is 8.46. The van der Waals surface area contributed by atoms with Gasteiger partial charge in [-0.1, -0.05) is 0 Å². The number of H-pyrrole nitrogens is 1. The van der Waals surface area contributed by atoms with E-state index in [1.807, 2.05) is 12.3 Å². The summed E-state index contributed by atoms with van der Waals surface area (Å²) in [5, 5.41) is 6.81. The quantitative estimate of drug-likeness (QED) is 0.677. The number of aryl methyl sites for hydroxylation is 1. The molecule has 0 aliphatic rings. The Kier molecular flexibility index (Phi) is 4.37. The van der Waals surface area contributed by atoms with Gasteiger partial charge >= 0.3 is 0 Å². The second kappa shape index (κ2) is 6.78. The van der Waals surface area contributed by atoms with Crippen LogP contribution in [-0.4, -0.2) is 27.2 Å². The highest BCUT2D eigenvalue weighted by molar-refractivity contribution is 5.93. The fraction of sp³-hybridized carbons (Fsp3) is 0.188. The van der Waals surface area contributed by atoms with E-state index in [0.29, 0.717) is 24.5 Å². The van der Waals surface area contributed by atoms with Crippen molar-refractivity contribution in [1.29, 1.82) is 0 Å². The summed E-state index contributed by atoms with van der Waals surface area (Å²) >= 11 is 0. The molecule has 3 aromatic heterocycles. The lowest BCUT2D eigenvalue weighted by atomic mass is 10.2. The first-order chi connectivity index (χ1) is 11.2. The van der Waals surface area contributed by atoms with Crippen LogP contribution in [0.25, 0.3) is 11.5 Å². The fourth-order valence-corrected chi connectivity index (χ4v) is 2.20. The van der Waals surface area contributed by atoms with Gasteiger partial charge in [0.2, 0.25) is 0 Å². The molecule has 0 aliphatic heterocycles.